The summed E-state index contributed by atoms with van der Waals surface area (Å²) in [5, 5.41) is 15.5. The van der Waals surface area contributed by atoms with Gasteiger partial charge in [-0.15, -0.1) is 12.4 Å². The summed E-state index contributed by atoms with van der Waals surface area (Å²) in [6, 6.07) is 4.82. The molecular weight excluding hydrogens is 320 g/mol. The molecule has 0 aliphatic carbocycles. The summed E-state index contributed by atoms with van der Waals surface area (Å²) in [5.41, 5.74) is 0.441. The molecule has 1 fully saturated rings. The number of carbonyl (C=O) groups is 1. The molecule has 1 saturated heterocycles. The number of hydrogen-bond donors (Lipinski definition) is 3. The van der Waals surface area contributed by atoms with E-state index in [2.05, 4.69) is 26.6 Å². The Kier molecular flexibility index (Phi) is 5.91. The number of phenolic OH excluding ortho intramolecular Hbond substituents is 1. The molecule has 18 heavy (non-hydrogen) atoms. The lowest BCUT2D eigenvalue weighted by Crippen LogP contribution is -2.43. The molecule has 0 saturated carbocycles. The maximum Gasteiger partial charge on any atom is 0.241 e. The zero-order chi connectivity index (χ0) is 12.3. The van der Waals surface area contributed by atoms with Gasteiger partial charge in [-0.05, 0) is 37.6 Å². The van der Waals surface area contributed by atoms with Crippen LogP contribution in [0.3, 0.4) is 0 Å². The highest BCUT2D eigenvalue weighted by molar-refractivity contribution is 9.10. The molecule has 0 bridgehead atoms. The second kappa shape index (κ2) is 6.97. The molecule has 1 aromatic carbocycles. The van der Waals surface area contributed by atoms with Gasteiger partial charge in [-0.1, -0.05) is 22.4 Å². The number of hydrogen-bond acceptors (Lipinski definition) is 3. The molecule has 1 amide bonds. The molecule has 100 valence electrons. The van der Waals surface area contributed by atoms with E-state index < -0.39 is 0 Å². The first kappa shape index (κ1) is 15.3. The van der Waals surface area contributed by atoms with Crippen molar-refractivity contribution < 1.29 is 9.90 Å². The number of amides is 1. The van der Waals surface area contributed by atoms with Crippen LogP contribution >= 0.6 is 28.3 Å². The first-order valence-electron chi connectivity index (χ1n) is 5.69. The molecule has 1 atom stereocenters. The lowest BCUT2D eigenvalue weighted by molar-refractivity contribution is -0.118. The number of aromatic hydroxyl groups is 1. The molecule has 4 nitrogen and oxygen atoms in total. The molecule has 3 N–H and O–H groups in total. The van der Waals surface area contributed by atoms with Gasteiger partial charge in [-0.25, -0.2) is 0 Å². The Balaban J connectivity index is 0.00000162. The van der Waals surface area contributed by atoms with E-state index in [0.717, 1.165) is 30.3 Å². The molecule has 1 aromatic rings. The van der Waals surface area contributed by atoms with Crippen molar-refractivity contribution in [2.24, 2.45) is 0 Å². The first-order valence-corrected chi connectivity index (χ1v) is 6.49. The monoisotopic (exact) mass is 334 g/mol. The molecule has 6 heteroatoms. The van der Waals surface area contributed by atoms with Crippen molar-refractivity contribution in [3.8, 4) is 5.75 Å². The van der Waals surface area contributed by atoms with Gasteiger partial charge in [-0.3, -0.25) is 4.79 Å². The average molecular weight is 336 g/mol. The maximum atomic E-state index is 11.9. The van der Waals surface area contributed by atoms with Crippen molar-refractivity contribution in [2.45, 2.75) is 25.3 Å². The summed E-state index contributed by atoms with van der Waals surface area (Å²) in [6.07, 6.45) is 3.03. The van der Waals surface area contributed by atoms with E-state index in [9.17, 15) is 9.90 Å². The third-order valence-electron chi connectivity index (χ3n) is 2.84. The van der Waals surface area contributed by atoms with E-state index >= 15 is 0 Å². The number of halogens is 2. The Labute approximate surface area is 121 Å². The Bertz CT molecular complexity index is 423. The van der Waals surface area contributed by atoms with Crippen molar-refractivity contribution in [2.75, 3.05) is 11.9 Å². The van der Waals surface area contributed by atoms with E-state index in [0.29, 0.717) is 5.69 Å². The number of benzene rings is 1. The molecule has 1 unspecified atom stereocenters. The Morgan fingerprint density at radius 2 is 2.22 bits per heavy atom. The Morgan fingerprint density at radius 3 is 2.89 bits per heavy atom. The van der Waals surface area contributed by atoms with Crippen LogP contribution in [0.1, 0.15) is 19.3 Å². The Morgan fingerprint density at radius 1 is 1.44 bits per heavy atom. The number of rotatable bonds is 2. The third kappa shape index (κ3) is 3.86. The molecule has 1 aliphatic heterocycles. The minimum absolute atomic E-state index is 0. The fraction of sp³-hybridized carbons (Fsp3) is 0.417. The van der Waals surface area contributed by atoms with Crippen LogP contribution in [0, 0.1) is 0 Å². The van der Waals surface area contributed by atoms with Crippen LogP contribution in [-0.2, 0) is 4.79 Å². The molecular formula is C12H16BrClN2O2. The number of carbonyl (C=O) groups excluding carboxylic acids is 1. The van der Waals surface area contributed by atoms with E-state index in [-0.39, 0.29) is 30.1 Å². The van der Waals surface area contributed by atoms with Gasteiger partial charge in [0.25, 0.3) is 0 Å². The normalized spacial score (nSPS) is 18.8. The minimum atomic E-state index is -0.151. The second-order valence-electron chi connectivity index (χ2n) is 4.15. The topological polar surface area (TPSA) is 61.4 Å². The number of anilines is 1. The third-order valence-corrected chi connectivity index (χ3v) is 3.34. The summed E-state index contributed by atoms with van der Waals surface area (Å²) in [6.45, 7) is 0.878. The van der Waals surface area contributed by atoms with E-state index in [4.69, 9.17) is 0 Å². The van der Waals surface area contributed by atoms with Crippen molar-refractivity contribution in [3.05, 3.63) is 22.7 Å². The number of phenols is 1. The van der Waals surface area contributed by atoms with Crippen LogP contribution in [0.5, 0.6) is 5.75 Å². The summed E-state index contributed by atoms with van der Waals surface area (Å²) >= 11 is 3.30. The number of piperidine rings is 1. The van der Waals surface area contributed by atoms with Gasteiger partial charge in [0.2, 0.25) is 5.91 Å². The maximum absolute atomic E-state index is 11.9. The van der Waals surface area contributed by atoms with Gasteiger partial charge >= 0.3 is 0 Å². The fourth-order valence-electron chi connectivity index (χ4n) is 1.90. The van der Waals surface area contributed by atoms with E-state index in [1.165, 1.54) is 0 Å². The highest BCUT2D eigenvalue weighted by atomic mass is 79.9. The molecule has 1 aliphatic rings. The highest BCUT2D eigenvalue weighted by Gasteiger charge is 2.21. The molecule has 2 rings (SSSR count). The van der Waals surface area contributed by atoms with Gasteiger partial charge in [0.1, 0.15) is 5.75 Å². The summed E-state index contributed by atoms with van der Waals surface area (Å²) in [7, 11) is 0. The predicted molar refractivity (Wildman–Crippen MR) is 77.3 cm³/mol. The van der Waals surface area contributed by atoms with Crippen LogP contribution in [0.25, 0.3) is 0 Å². The molecule has 1 heterocycles. The lowest BCUT2D eigenvalue weighted by atomic mass is 10.0. The minimum Gasteiger partial charge on any atom is -0.506 e. The molecule has 0 aromatic heterocycles. The smallest absolute Gasteiger partial charge is 0.241 e. The zero-order valence-electron chi connectivity index (χ0n) is 9.78. The summed E-state index contributed by atoms with van der Waals surface area (Å²) in [4.78, 5) is 11.9. The van der Waals surface area contributed by atoms with Crippen LogP contribution in [0.2, 0.25) is 0 Å². The van der Waals surface area contributed by atoms with Crippen molar-refractivity contribution >= 4 is 39.9 Å². The second-order valence-corrected chi connectivity index (χ2v) is 5.07. The van der Waals surface area contributed by atoms with Crippen LogP contribution in [0.15, 0.2) is 22.7 Å². The van der Waals surface area contributed by atoms with Crippen molar-refractivity contribution in [3.63, 3.8) is 0 Å². The fourth-order valence-corrected chi connectivity index (χ4v) is 2.26. The zero-order valence-corrected chi connectivity index (χ0v) is 12.2. The van der Waals surface area contributed by atoms with Gasteiger partial charge < -0.3 is 15.7 Å². The van der Waals surface area contributed by atoms with Gasteiger partial charge in [-0.2, -0.15) is 0 Å². The largest absolute Gasteiger partial charge is 0.506 e. The lowest BCUT2D eigenvalue weighted by Gasteiger charge is -2.22. The average Bonchev–Trinajstić information content (AvgIpc) is 2.35. The summed E-state index contributed by atoms with van der Waals surface area (Å²) < 4.78 is 0.821. The summed E-state index contributed by atoms with van der Waals surface area (Å²) in [5.74, 6) is -0.00420. The van der Waals surface area contributed by atoms with Gasteiger partial charge in [0.05, 0.1) is 11.7 Å². The molecule has 0 radical (unpaired) electrons. The Hall–Kier alpha value is -0.780. The van der Waals surface area contributed by atoms with E-state index in [1.54, 1.807) is 18.2 Å². The van der Waals surface area contributed by atoms with Gasteiger partial charge in [0, 0.05) is 4.47 Å². The van der Waals surface area contributed by atoms with Crippen molar-refractivity contribution in [1.29, 1.82) is 0 Å². The predicted octanol–water partition coefficient (Wildman–Crippen LogP) is 2.66. The standard InChI is InChI=1S/C12H15BrN2O2.ClH/c13-8-4-5-11(16)10(7-8)15-12(17)9-3-1-2-6-14-9;/h4-5,7,9,14,16H,1-3,6H2,(H,15,17);1H. The van der Waals surface area contributed by atoms with Crippen LogP contribution < -0.4 is 10.6 Å². The van der Waals surface area contributed by atoms with Crippen LogP contribution in [0.4, 0.5) is 5.69 Å². The first-order chi connectivity index (χ1) is 8.16. The molecule has 0 spiro atoms. The number of nitrogens with one attached hydrogen (secondary N) is 2. The van der Waals surface area contributed by atoms with E-state index in [1.807, 2.05) is 0 Å². The quantitative estimate of drug-likeness (QED) is 0.728. The highest BCUT2D eigenvalue weighted by Crippen LogP contribution is 2.27. The van der Waals surface area contributed by atoms with Crippen molar-refractivity contribution in [1.82, 2.24) is 5.32 Å². The van der Waals surface area contributed by atoms with Gasteiger partial charge in [0.15, 0.2) is 0 Å². The SMILES string of the molecule is Cl.O=C(Nc1cc(Br)ccc1O)C1CCCCN1. The van der Waals surface area contributed by atoms with Crippen LogP contribution in [-0.4, -0.2) is 23.6 Å².